The van der Waals surface area contributed by atoms with E-state index in [9.17, 15) is 0 Å². The average Bonchev–Trinajstić information content (AvgIpc) is 2.90. The third-order valence-electron chi connectivity index (χ3n) is 4.13. The highest BCUT2D eigenvalue weighted by atomic mass is 32.1. The summed E-state index contributed by atoms with van der Waals surface area (Å²) in [7, 11) is 1.67. The van der Waals surface area contributed by atoms with E-state index in [1.54, 1.807) is 23.2 Å². The molecule has 0 saturated heterocycles. The molecule has 0 atom stereocenters. The summed E-state index contributed by atoms with van der Waals surface area (Å²) in [4.78, 5) is 7.40. The molecule has 0 saturated carbocycles. The Morgan fingerprint density at radius 3 is 2.24 bits per heavy atom. The molecule has 0 N–H and O–H groups in total. The standard InChI is InChI=1S/C20H21NO2S2/c1-14-18(15-10-12-17(22-4)13-11-15)25-19(24)21(14)23-20(2,3)16-8-6-5-7-9-16/h5-13H,1-4H3. The first-order valence-electron chi connectivity index (χ1n) is 8.04. The van der Waals surface area contributed by atoms with Crippen LogP contribution in [0.15, 0.2) is 54.6 Å². The van der Waals surface area contributed by atoms with E-state index in [-0.39, 0.29) is 0 Å². The van der Waals surface area contributed by atoms with Gasteiger partial charge in [0.05, 0.1) is 17.7 Å². The largest absolute Gasteiger partial charge is 0.497 e. The molecule has 0 unspecified atom stereocenters. The van der Waals surface area contributed by atoms with Gasteiger partial charge in [0.15, 0.2) is 9.56 Å². The highest BCUT2D eigenvalue weighted by molar-refractivity contribution is 7.73. The minimum absolute atomic E-state index is 0.484. The zero-order chi connectivity index (χ0) is 18.0. The number of hydrogen-bond acceptors (Lipinski definition) is 4. The molecule has 130 valence electrons. The molecule has 3 rings (SSSR count). The number of benzene rings is 2. The molecule has 0 bridgehead atoms. The van der Waals surface area contributed by atoms with Crippen molar-refractivity contribution in [1.82, 2.24) is 4.73 Å². The van der Waals surface area contributed by atoms with Crippen molar-refractivity contribution in [3.63, 3.8) is 0 Å². The van der Waals surface area contributed by atoms with Gasteiger partial charge in [0.2, 0.25) is 0 Å². The fourth-order valence-electron chi connectivity index (χ4n) is 2.67. The first-order valence-corrected chi connectivity index (χ1v) is 9.27. The van der Waals surface area contributed by atoms with Gasteiger partial charge in [0.25, 0.3) is 0 Å². The molecule has 3 nitrogen and oxygen atoms in total. The van der Waals surface area contributed by atoms with E-state index < -0.39 is 5.60 Å². The van der Waals surface area contributed by atoms with E-state index in [0.717, 1.165) is 27.4 Å². The number of aromatic nitrogens is 1. The fraction of sp³-hybridized carbons (Fsp3) is 0.250. The van der Waals surface area contributed by atoms with Gasteiger partial charge in [-0.1, -0.05) is 30.3 Å². The second-order valence-corrected chi connectivity index (χ2v) is 7.92. The zero-order valence-electron chi connectivity index (χ0n) is 14.8. The maximum atomic E-state index is 6.29. The average molecular weight is 372 g/mol. The Hall–Kier alpha value is -2.11. The van der Waals surface area contributed by atoms with Crippen LogP contribution in [-0.4, -0.2) is 11.8 Å². The van der Waals surface area contributed by atoms with Crippen LogP contribution in [0.4, 0.5) is 0 Å². The summed E-state index contributed by atoms with van der Waals surface area (Å²) >= 11 is 7.11. The highest BCUT2D eigenvalue weighted by Gasteiger charge is 2.25. The van der Waals surface area contributed by atoms with Crippen molar-refractivity contribution in [3.05, 3.63) is 69.8 Å². The van der Waals surface area contributed by atoms with E-state index in [0.29, 0.717) is 3.95 Å². The predicted octanol–water partition coefficient (Wildman–Crippen LogP) is 5.63. The van der Waals surface area contributed by atoms with Gasteiger partial charge in [0, 0.05) is 0 Å². The minimum Gasteiger partial charge on any atom is -0.497 e. The Labute approximate surface area is 157 Å². The summed E-state index contributed by atoms with van der Waals surface area (Å²) in [5, 5.41) is 0. The topological polar surface area (TPSA) is 23.4 Å². The molecular weight excluding hydrogens is 350 g/mol. The summed E-state index contributed by atoms with van der Waals surface area (Å²) in [6.07, 6.45) is 0. The summed E-state index contributed by atoms with van der Waals surface area (Å²) in [6, 6.07) is 18.2. The summed E-state index contributed by atoms with van der Waals surface area (Å²) in [5.41, 5.74) is 2.73. The Balaban J connectivity index is 1.96. The SMILES string of the molecule is COc1ccc(-c2sc(=S)n(OC(C)(C)c3ccccc3)c2C)cc1. The quantitative estimate of drug-likeness (QED) is 0.543. The van der Waals surface area contributed by atoms with E-state index >= 15 is 0 Å². The lowest BCUT2D eigenvalue weighted by molar-refractivity contribution is -0.0358. The van der Waals surface area contributed by atoms with E-state index in [2.05, 4.69) is 12.1 Å². The van der Waals surface area contributed by atoms with Crippen molar-refractivity contribution in [1.29, 1.82) is 0 Å². The van der Waals surface area contributed by atoms with Gasteiger partial charge in [-0.25, -0.2) is 0 Å². The summed E-state index contributed by atoms with van der Waals surface area (Å²) in [6.45, 7) is 6.13. The van der Waals surface area contributed by atoms with Crippen molar-refractivity contribution in [2.75, 3.05) is 7.11 Å². The third kappa shape index (κ3) is 3.62. The van der Waals surface area contributed by atoms with Crippen LogP contribution < -0.4 is 9.57 Å². The highest BCUT2D eigenvalue weighted by Crippen LogP contribution is 2.33. The number of ether oxygens (including phenoxy) is 1. The first kappa shape index (κ1) is 17.7. The normalized spacial score (nSPS) is 11.4. The molecule has 0 fully saturated rings. The molecule has 25 heavy (non-hydrogen) atoms. The third-order valence-corrected chi connectivity index (χ3v) is 5.62. The molecule has 0 aliphatic rings. The Morgan fingerprint density at radius 1 is 1.00 bits per heavy atom. The number of methoxy groups -OCH3 is 1. The van der Waals surface area contributed by atoms with Crippen molar-refractivity contribution in [2.45, 2.75) is 26.4 Å². The van der Waals surface area contributed by atoms with Crippen molar-refractivity contribution in [2.24, 2.45) is 0 Å². The van der Waals surface area contributed by atoms with Crippen LogP contribution in [0.3, 0.4) is 0 Å². The number of nitrogens with zero attached hydrogens (tertiary/aromatic N) is 1. The molecule has 0 spiro atoms. The van der Waals surface area contributed by atoms with Crippen molar-refractivity contribution < 1.29 is 9.57 Å². The molecule has 0 radical (unpaired) electrons. The van der Waals surface area contributed by atoms with Crippen molar-refractivity contribution in [3.8, 4) is 16.2 Å². The second kappa shape index (κ2) is 7.02. The molecule has 0 aliphatic heterocycles. The lowest BCUT2D eigenvalue weighted by Gasteiger charge is -2.27. The molecule has 0 aliphatic carbocycles. The minimum atomic E-state index is -0.484. The van der Waals surface area contributed by atoms with Crippen LogP contribution in [0.5, 0.6) is 5.75 Å². The molecule has 3 aromatic rings. The van der Waals surface area contributed by atoms with Gasteiger partial charge in [-0.3, -0.25) is 0 Å². The zero-order valence-corrected chi connectivity index (χ0v) is 16.4. The van der Waals surface area contributed by atoms with Crippen molar-refractivity contribution >= 4 is 23.6 Å². The fourth-order valence-corrected chi connectivity index (χ4v) is 4.01. The van der Waals surface area contributed by atoms with Gasteiger partial charge >= 0.3 is 0 Å². The molecule has 1 aromatic heterocycles. The van der Waals surface area contributed by atoms with Crippen LogP contribution in [-0.2, 0) is 5.60 Å². The van der Waals surface area contributed by atoms with E-state index in [4.69, 9.17) is 21.8 Å². The van der Waals surface area contributed by atoms with Crippen LogP contribution in [0, 0.1) is 10.9 Å². The number of hydrogen-bond donors (Lipinski definition) is 0. The Morgan fingerprint density at radius 2 is 1.64 bits per heavy atom. The maximum absolute atomic E-state index is 6.29. The van der Waals surface area contributed by atoms with Gasteiger partial charge in [-0.2, -0.15) is 4.73 Å². The molecular formula is C20H21NO2S2. The summed E-state index contributed by atoms with van der Waals surface area (Å²) < 4.78 is 7.70. The first-order chi connectivity index (χ1) is 11.9. The number of rotatable bonds is 5. The van der Waals surface area contributed by atoms with Gasteiger partial charge in [-0.15, -0.1) is 11.3 Å². The smallest absolute Gasteiger partial charge is 0.197 e. The lowest BCUT2D eigenvalue weighted by atomic mass is 9.99. The number of thiazole rings is 1. The molecule has 0 amide bonds. The van der Waals surface area contributed by atoms with Crippen LogP contribution in [0.25, 0.3) is 10.4 Å². The predicted molar refractivity (Wildman–Crippen MR) is 106 cm³/mol. The Kier molecular flexibility index (Phi) is 4.97. The lowest BCUT2D eigenvalue weighted by Crippen LogP contribution is -2.32. The molecule has 2 aromatic carbocycles. The van der Waals surface area contributed by atoms with Crippen LogP contribution >= 0.6 is 23.6 Å². The monoisotopic (exact) mass is 371 g/mol. The van der Waals surface area contributed by atoms with Crippen LogP contribution in [0.2, 0.25) is 0 Å². The van der Waals surface area contributed by atoms with E-state index in [1.807, 2.05) is 63.2 Å². The second-order valence-electron chi connectivity index (χ2n) is 6.27. The van der Waals surface area contributed by atoms with Gasteiger partial charge < -0.3 is 9.57 Å². The van der Waals surface area contributed by atoms with Crippen LogP contribution in [0.1, 0.15) is 25.1 Å². The maximum Gasteiger partial charge on any atom is 0.197 e. The molecule has 1 heterocycles. The van der Waals surface area contributed by atoms with E-state index in [1.165, 1.54) is 0 Å². The Bertz CT molecular complexity index is 909. The van der Waals surface area contributed by atoms with Gasteiger partial charge in [0.1, 0.15) is 5.75 Å². The van der Waals surface area contributed by atoms with Gasteiger partial charge in [-0.05, 0) is 68.4 Å². The summed E-state index contributed by atoms with van der Waals surface area (Å²) in [5.74, 6) is 0.839. The molecule has 5 heteroatoms.